The summed E-state index contributed by atoms with van der Waals surface area (Å²) < 4.78 is 1.28. The van der Waals surface area contributed by atoms with Gasteiger partial charge in [0.2, 0.25) is 5.91 Å². The molecular formula is C14H14ClN3O2. The number of hydrogen-bond donors (Lipinski definition) is 1. The van der Waals surface area contributed by atoms with Gasteiger partial charge in [-0.3, -0.25) is 9.59 Å². The zero-order chi connectivity index (χ0) is 14.5. The van der Waals surface area contributed by atoms with Crippen LogP contribution in [0.15, 0.2) is 41.2 Å². The third-order valence-electron chi connectivity index (χ3n) is 2.66. The van der Waals surface area contributed by atoms with Crippen molar-refractivity contribution in [1.82, 2.24) is 9.78 Å². The molecule has 0 aliphatic heterocycles. The molecule has 20 heavy (non-hydrogen) atoms. The largest absolute Gasteiger partial charge is 0.326 e. The summed E-state index contributed by atoms with van der Waals surface area (Å²) in [5.41, 5.74) is 1.15. The molecule has 0 atom stereocenters. The Bertz CT molecular complexity index is 682. The molecule has 2 rings (SSSR count). The van der Waals surface area contributed by atoms with E-state index in [4.69, 9.17) is 11.6 Å². The van der Waals surface area contributed by atoms with Crippen molar-refractivity contribution in [3.8, 4) is 0 Å². The summed E-state index contributed by atoms with van der Waals surface area (Å²) in [6.45, 7) is 2.04. The zero-order valence-electron chi connectivity index (χ0n) is 11.0. The van der Waals surface area contributed by atoms with Crippen LogP contribution in [0.3, 0.4) is 0 Å². The van der Waals surface area contributed by atoms with Crippen molar-refractivity contribution >= 4 is 23.2 Å². The number of hydrogen-bond acceptors (Lipinski definition) is 3. The Morgan fingerprint density at radius 1 is 1.35 bits per heavy atom. The molecule has 104 valence electrons. The third kappa shape index (κ3) is 3.93. The molecule has 2 aromatic rings. The molecule has 0 saturated heterocycles. The molecule has 1 amide bonds. The average molecular weight is 292 g/mol. The molecule has 5 nitrogen and oxygen atoms in total. The Labute approximate surface area is 121 Å². The van der Waals surface area contributed by atoms with Gasteiger partial charge < -0.3 is 5.32 Å². The number of carbonyl (C=O) groups excluding carboxylic acids is 1. The van der Waals surface area contributed by atoms with E-state index in [0.29, 0.717) is 10.7 Å². The first-order valence-corrected chi connectivity index (χ1v) is 6.52. The molecule has 0 aliphatic rings. The lowest BCUT2D eigenvalue weighted by molar-refractivity contribution is -0.116. The van der Waals surface area contributed by atoms with E-state index in [0.717, 1.165) is 5.69 Å². The molecule has 0 fully saturated rings. The van der Waals surface area contributed by atoms with Crippen LogP contribution in [-0.4, -0.2) is 15.7 Å². The highest BCUT2D eigenvalue weighted by Gasteiger charge is 2.05. The van der Waals surface area contributed by atoms with Crippen molar-refractivity contribution in [2.45, 2.75) is 19.9 Å². The fourth-order valence-electron chi connectivity index (χ4n) is 1.71. The molecule has 1 aromatic heterocycles. The fraction of sp³-hybridized carbons (Fsp3) is 0.214. The van der Waals surface area contributed by atoms with E-state index >= 15 is 0 Å². The van der Waals surface area contributed by atoms with Crippen molar-refractivity contribution in [1.29, 1.82) is 0 Å². The standard InChI is InChI=1S/C14H14ClN3O2/c1-10-5-6-14(20)18(17-10)8-7-13(19)16-12-4-2-3-11(15)9-12/h2-6,9H,7-8H2,1H3,(H,16,19). The average Bonchev–Trinajstić information content (AvgIpc) is 2.40. The van der Waals surface area contributed by atoms with Gasteiger partial charge in [0.05, 0.1) is 12.2 Å². The number of benzene rings is 1. The highest BCUT2D eigenvalue weighted by atomic mass is 35.5. The topological polar surface area (TPSA) is 64.0 Å². The van der Waals surface area contributed by atoms with Crippen LogP contribution in [-0.2, 0) is 11.3 Å². The number of rotatable bonds is 4. The summed E-state index contributed by atoms with van der Waals surface area (Å²) in [6, 6.07) is 9.98. The van der Waals surface area contributed by atoms with E-state index < -0.39 is 0 Å². The maximum atomic E-state index is 11.8. The van der Waals surface area contributed by atoms with Crippen LogP contribution in [0.25, 0.3) is 0 Å². The van der Waals surface area contributed by atoms with Gasteiger partial charge in [0.1, 0.15) is 0 Å². The van der Waals surface area contributed by atoms with Crippen molar-refractivity contribution in [3.63, 3.8) is 0 Å². The van der Waals surface area contributed by atoms with Gasteiger partial charge in [0.15, 0.2) is 0 Å². The maximum Gasteiger partial charge on any atom is 0.266 e. The molecular weight excluding hydrogens is 278 g/mol. The maximum absolute atomic E-state index is 11.8. The lowest BCUT2D eigenvalue weighted by Gasteiger charge is -2.07. The first-order chi connectivity index (χ1) is 9.54. The molecule has 1 heterocycles. The summed E-state index contributed by atoms with van der Waals surface area (Å²) >= 11 is 5.83. The molecule has 1 aromatic carbocycles. The first kappa shape index (κ1) is 14.3. The SMILES string of the molecule is Cc1ccc(=O)n(CCC(=O)Nc2cccc(Cl)c2)n1. The molecule has 0 aliphatic carbocycles. The van der Waals surface area contributed by atoms with E-state index in [-0.39, 0.29) is 24.4 Å². The van der Waals surface area contributed by atoms with Crippen molar-refractivity contribution in [3.05, 3.63) is 57.5 Å². The minimum atomic E-state index is -0.217. The van der Waals surface area contributed by atoms with Crippen LogP contribution in [0.5, 0.6) is 0 Å². The van der Waals surface area contributed by atoms with Crippen molar-refractivity contribution in [2.24, 2.45) is 0 Å². The van der Waals surface area contributed by atoms with Crippen LogP contribution >= 0.6 is 11.6 Å². The van der Waals surface area contributed by atoms with Gasteiger partial charge in [-0.25, -0.2) is 4.68 Å². The quantitative estimate of drug-likeness (QED) is 0.939. The summed E-state index contributed by atoms with van der Waals surface area (Å²) in [4.78, 5) is 23.3. The van der Waals surface area contributed by atoms with Gasteiger partial charge in [0.25, 0.3) is 5.56 Å². The smallest absolute Gasteiger partial charge is 0.266 e. The highest BCUT2D eigenvalue weighted by Crippen LogP contribution is 2.14. The summed E-state index contributed by atoms with van der Waals surface area (Å²) in [5.74, 6) is -0.192. The molecule has 0 unspecified atom stereocenters. The second-order valence-corrected chi connectivity index (χ2v) is 4.78. The number of aryl methyl sites for hydroxylation is 2. The zero-order valence-corrected chi connectivity index (χ0v) is 11.7. The Morgan fingerprint density at radius 3 is 2.90 bits per heavy atom. The minimum absolute atomic E-state index is 0.170. The predicted octanol–water partition coefficient (Wildman–Crippen LogP) is 2.23. The van der Waals surface area contributed by atoms with Gasteiger partial charge >= 0.3 is 0 Å². The monoisotopic (exact) mass is 291 g/mol. The minimum Gasteiger partial charge on any atom is -0.326 e. The molecule has 0 saturated carbocycles. The second-order valence-electron chi connectivity index (χ2n) is 4.34. The summed E-state index contributed by atoms with van der Waals surface area (Å²) in [7, 11) is 0. The number of nitrogens with one attached hydrogen (secondary N) is 1. The van der Waals surface area contributed by atoms with Crippen LogP contribution in [0.4, 0.5) is 5.69 Å². The van der Waals surface area contributed by atoms with Gasteiger partial charge in [-0.2, -0.15) is 5.10 Å². The van der Waals surface area contributed by atoms with Crippen molar-refractivity contribution < 1.29 is 4.79 Å². The summed E-state index contributed by atoms with van der Waals surface area (Å²) in [6.07, 6.45) is 0.170. The number of amides is 1. The van der Waals surface area contributed by atoms with Crippen LogP contribution < -0.4 is 10.9 Å². The van der Waals surface area contributed by atoms with E-state index in [1.807, 2.05) is 0 Å². The fourth-order valence-corrected chi connectivity index (χ4v) is 1.90. The first-order valence-electron chi connectivity index (χ1n) is 6.15. The number of aromatic nitrogens is 2. The normalized spacial score (nSPS) is 10.3. The van der Waals surface area contributed by atoms with Gasteiger partial charge in [-0.15, -0.1) is 0 Å². The third-order valence-corrected chi connectivity index (χ3v) is 2.89. The molecule has 0 bridgehead atoms. The lowest BCUT2D eigenvalue weighted by Crippen LogP contribution is -2.25. The van der Waals surface area contributed by atoms with Gasteiger partial charge in [-0.05, 0) is 31.2 Å². The lowest BCUT2D eigenvalue weighted by atomic mass is 10.3. The Morgan fingerprint density at radius 2 is 2.15 bits per heavy atom. The number of anilines is 1. The second kappa shape index (κ2) is 6.34. The summed E-state index contributed by atoms with van der Waals surface area (Å²) in [5, 5.41) is 7.34. The van der Waals surface area contributed by atoms with Crippen molar-refractivity contribution in [2.75, 3.05) is 5.32 Å². The van der Waals surface area contributed by atoms with E-state index in [1.54, 1.807) is 37.3 Å². The molecule has 6 heteroatoms. The Balaban J connectivity index is 1.95. The van der Waals surface area contributed by atoms with E-state index in [9.17, 15) is 9.59 Å². The van der Waals surface area contributed by atoms with Crippen LogP contribution in [0.2, 0.25) is 5.02 Å². The molecule has 0 radical (unpaired) electrons. The molecule has 0 spiro atoms. The Kier molecular flexibility index (Phi) is 4.53. The number of nitrogens with zero attached hydrogens (tertiary/aromatic N) is 2. The van der Waals surface area contributed by atoms with Gasteiger partial charge in [0, 0.05) is 23.2 Å². The van der Waals surface area contributed by atoms with E-state index in [2.05, 4.69) is 10.4 Å². The highest BCUT2D eigenvalue weighted by molar-refractivity contribution is 6.30. The number of carbonyl (C=O) groups is 1. The van der Waals surface area contributed by atoms with Crippen LogP contribution in [0, 0.1) is 6.92 Å². The van der Waals surface area contributed by atoms with Crippen LogP contribution in [0.1, 0.15) is 12.1 Å². The van der Waals surface area contributed by atoms with E-state index in [1.165, 1.54) is 10.7 Å². The molecule has 1 N–H and O–H groups in total. The number of halogens is 1. The van der Waals surface area contributed by atoms with Gasteiger partial charge in [-0.1, -0.05) is 17.7 Å². The Hall–Kier alpha value is -2.14. The predicted molar refractivity (Wildman–Crippen MR) is 77.9 cm³/mol.